The lowest BCUT2D eigenvalue weighted by atomic mass is 9.67. The van der Waals surface area contributed by atoms with Crippen molar-refractivity contribution in [3.63, 3.8) is 0 Å². The van der Waals surface area contributed by atoms with Crippen LogP contribution in [0.4, 0.5) is 4.79 Å². The number of nitrogens with one attached hydrogen (secondary N) is 1. The highest BCUT2D eigenvalue weighted by Gasteiger charge is 2.65. The molecule has 2 aliphatic heterocycles. The van der Waals surface area contributed by atoms with E-state index in [1.807, 2.05) is 4.90 Å². The molecule has 5 rings (SSSR count). The molecule has 3 heterocycles. The second kappa shape index (κ2) is 4.31. The minimum atomic E-state index is -0.364. The molecule has 0 radical (unpaired) electrons. The minimum Gasteiger partial charge on any atom is -0.440 e. The molecule has 1 unspecified atom stereocenters. The van der Waals surface area contributed by atoms with Crippen molar-refractivity contribution in [1.29, 1.82) is 0 Å². The zero-order valence-electron chi connectivity index (χ0n) is 13.5. The van der Waals surface area contributed by atoms with Crippen LogP contribution in [-0.4, -0.2) is 28.1 Å². The third-order valence-corrected chi connectivity index (χ3v) is 6.48. The molecule has 1 aromatic heterocycles. The Morgan fingerprint density at radius 2 is 1.96 bits per heavy atom. The highest BCUT2D eigenvalue weighted by molar-refractivity contribution is 5.87. The van der Waals surface area contributed by atoms with Crippen molar-refractivity contribution in [2.24, 2.45) is 0 Å². The van der Waals surface area contributed by atoms with E-state index in [1.165, 1.54) is 28.6 Å². The van der Waals surface area contributed by atoms with E-state index in [0.717, 1.165) is 38.6 Å². The number of carbonyl (C=O) groups is 1. The van der Waals surface area contributed by atoms with Crippen molar-refractivity contribution in [3.05, 3.63) is 35.5 Å². The predicted molar refractivity (Wildman–Crippen MR) is 88.4 cm³/mol. The summed E-state index contributed by atoms with van der Waals surface area (Å²) in [7, 11) is 0. The van der Waals surface area contributed by atoms with Gasteiger partial charge in [0.25, 0.3) is 0 Å². The smallest absolute Gasteiger partial charge is 0.411 e. The van der Waals surface area contributed by atoms with Crippen LogP contribution in [0.15, 0.2) is 24.3 Å². The number of fused-ring (bicyclic) bond motifs is 6. The van der Waals surface area contributed by atoms with Gasteiger partial charge in [0.1, 0.15) is 11.1 Å². The number of amides is 1. The number of aromatic nitrogens is 1. The fraction of sp³-hybridized carbons (Fsp3) is 0.526. The van der Waals surface area contributed by atoms with E-state index in [4.69, 9.17) is 4.74 Å². The predicted octanol–water partition coefficient (Wildman–Crippen LogP) is 4.09. The Kier molecular flexibility index (Phi) is 2.52. The molecule has 120 valence electrons. The van der Waals surface area contributed by atoms with E-state index >= 15 is 0 Å². The standard InChI is InChI=1S/C19H22N2O2/c1-18-16-14(13-7-3-4-8-15(13)20-16)9-12-21(18)17(22)23-19(18)10-5-2-6-11-19/h3-4,7-8,20H,2,5-6,9-12H2,1H3. The fourth-order valence-electron chi connectivity index (χ4n) is 5.24. The number of hydrogen-bond acceptors (Lipinski definition) is 2. The van der Waals surface area contributed by atoms with Gasteiger partial charge in [0.2, 0.25) is 0 Å². The molecule has 1 N–H and O–H groups in total. The number of para-hydroxylation sites is 1. The average Bonchev–Trinajstić information content (AvgIpc) is 3.04. The molecule has 2 aromatic rings. The number of hydrogen-bond donors (Lipinski definition) is 1. The number of H-pyrrole nitrogens is 1. The molecule has 3 aliphatic rings. The lowest BCUT2D eigenvalue weighted by Gasteiger charge is -2.47. The molecule has 4 heteroatoms. The average molecular weight is 310 g/mol. The number of ether oxygens (including phenoxy) is 1. The lowest BCUT2D eigenvalue weighted by molar-refractivity contribution is -0.0451. The summed E-state index contributed by atoms with van der Waals surface area (Å²) in [6, 6.07) is 8.48. The van der Waals surface area contributed by atoms with Crippen LogP contribution in [-0.2, 0) is 16.7 Å². The highest BCUT2D eigenvalue weighted by atomic mass is 16.6. The highest BCUT2D eigenvalue weighted by Crippen LogP contribution is 2.56. The summed E-state index contributed by atoms with van der Waals surface area (Å²) < 4.78 is 6.06. The normalized spacial score (nSPS) is 28.7. The topological polar surface area (TPSA) is 45.3 Å². The van der Waals surface area contributed by atoms with Gasteiger partial charge in [0.05, 0.1) is 0 Å². The van der Waals surface area contributed by atoms with Crippen molar-refractivity contribution in [2.75, 3.05) is 6.54 Å². The van der Waals surface area contributed by atoms with E-state index < -0.39 is 0 Å². The number of nitrogens with zero attached hydrogens (tertiary/aromatic N) is 1. The summed E-state index contributed by atoms with van der Waals surface area (Å²) in [5.74, 6) is 0. The summed E-state index contributed by atoms with van der Waals surface area (Å²) in [5, 5.41) is 1.30. The first-order valence-electron chi connectivity index (χ1n) is 8.76. The fourth-order valence-corrected chi connectivity index (χ4v) is 5.24. The molecule has 0 bridgehead atoms. The van der Waals surface area contributed by atoms with Gasteiger partial charge in [-0.15, -0.1) is 0 Å². The van der Waals surface area contributed by atoms with Crippen LogP contribution in [0.1, 0.15) is 50.3 Å². The van der Waals surface area contributed by atoms with Gasteiger partial charge >= 0.3 is 6.09 Å². The summed E-state index contributed by atoms with van der Waals surface area (Å²) in [6.07, 6.45) is 6.26. The zero-order valence-corrected chi connectivity index (χ0v) is 13.5. The third kappa shape index (κ3) is 1.49. The summed E-state index contributed by atoms with van der Waals surface area (Å²) in [5.41, 5.74) is 3.03. The second-order valence-electron chi connectivity index (χ2n) is 7.42. The first kappa shape index (κ1) is 13.5. The Morgan fingerprint density at radius 1 is 1.17 bits per heavy atom. The largest absolute Gasteiger partial charge is 0.440 e. The SMILES string of the molecule is CC12c3[nH]c4ccccc4c3CCN1C(=O)OC21CCCCC1. The van der Waals surface area contributed by atoms with Crippen molar-refractivity contribution in [1.82, 2.24) is 9.88 Å². The van der Waals surface area contributed by atoms with Crippen LogP contribution in [0.5, 0.6) is 0 Å². The molecule has 4 nitrogen and oxygen atoms in total. The van der Waals surface area contributed by atoms with E-state index in [1.54, 1.807) is 0 Å². The van der Waals surface area contributed by atoms with E-state index in [-0.39, 0.29) is 17.2 Å². The van der Waals surface area contributed by atoms with Gasteiger partial charge in [-0.2, -0.15) is 0 Å². The van der Waals surface area contributed by atoms with E-state index in [2.05, 4.69) is 36.2 Å². The van der Waals surface area contributed by atoms with Crippen LogP contribution in [0.3, 0.4) is 0 Å². The Morgan fingerprint density at radius 3 is 2.78 bits per heavy atom. The number of rotatable bonds is 0. The zero-order chi connectivity index (χ0) is 15.7. The van der Waals surface area contributed by atoms with Gasteiger partial charge in [0.15, 0.2) is 0 Å². The van der Waals surface area contributed by atoms with Gasteiger partial charge < -0.3 is 9.72 Å². The molecule has 1 saturated carbocycles. The van der Waals surface area contributed by atoms with Crippen LogP contribution in [0, 0.1) is 0 Å². The van der Waals surface area contributed by atoms with Gasteiger partial charge in [0, 0.05) is 23.1 Å². The molecule has 1 saturated heterocycles. The lowest BCUT2D eigenvalue weighted by Crippen LogP contribution is -2.57. The maximum Gasteiger partial charge on any atom is 0.411 e. The maximum absolute atomic E-state index is 12.6. The summed E-state index contributed by atoms with van der Waals surface area (Å²) in [6.45, 7) is 2.97. The Hall–Kier alpha value is -1.97. The van der Waals surface area contributed by atoms with Gasteiger partial charge in [-0.25, -0.2) is 4.79 Å². The van der Waals surface area contributed by atoms with Gasteiger partial charge in [-0.3, -0.25) is 4.90 Å². The van der Waals surface area contributed by atoms with Crippen molar-refractivity contribution in [2.45, 2.75) is 56.6 Å². The first-order valence-corrected chi connectivity index (χ1v) is 8.76. The molecular formula is C19H22N2O2. The monoisotopic (exact) mass is 310 g/mol. The van der Waals surface area contributed by atoms with Crippen molar-refractivity contribution in [3.8, 4) is 0 Å². The van der Waals surface area contributed by atoms with E-state index in [9.17, 15) is 4.79 Å². The second-order valence-corrected chi connectivity index (χ2v) is 7.42. The molecule has 1 aliphatic carbocycles. The van der Waals surface area contributed by atoms with Gasteiger partial charge in [-0.05, 0) is 50.7 Å². The summed E-state index contributed by atoms with van der Waals surface area (Å²) >= 11 is 0. The van der Waals surface area contributed by atoms with Crippen LogP contribution in [0.25, 0.3) is 10.9 Å². The van der Waals surface area contributed by atoms with Crippen molar-refractivity contribution < 1.29 is 9.53 Å². The summed E-state index contributed by atoms with van der Waals surface area (Å²) in [4.78, 5) is 18.2. The Labute approximate surface area is 135 Å². The van der Waals surface area contributed by atoms with Crippen molar-refractivity contribution >= 4 is 17.0 Å². The Balaban J connectivity index is 1.77. The van der Waals surface area contributed by atoms with Gasteiger partial charge in [-0.1, -0.05) is 24.6 Å². The van der Waals surface area contributed by atoms with Crippen LogP contribution in [0.2, 0.25) is 0 Å². The van der Waals surface area contributed by atoms with Crippen LogP contribution < -0.4 is 0 Å². The molecule has 1 spiro atoms. The number of benzene rings is 1. The molecular weight excluding hydrogens is 288 g/mol. The molecule has 1 aromatic carbocycles. The molecule has 23 heavy (non-hydrogen) atoms. The maximum atomic E-state index is 12.6. The number of aromatic amines is 1. The Bertz CT molecular complexity index is 803. The molecule has 1 atom stereocenters. The first-order chi connectivity index (χ1) is 11.2. The van der Waals surface area contributed by atoms with Crippen LogP contribution >= 0.6 is 0 Å². The quantitative estimate of drug-likeness (QED) is 0.796. The third-order valence-electron chi connectivity index (χ3n) is 6.48. The molecule has 1 amide bonds. The van der Waals surface area contributed by atoms with E-state index in [0.29, 0.717) is 0 Å². The minimum absolute atomic E-state index is 0.126. The number of carbonyl (C=O) groups excluding carboxylic acids is 1. The molecule has 2 fully saturated rings.